The predicted molar refractivity (Wildman–Crippen MR) is 51.5 cm³/mol. The van der Waals surface area contributed by atoms with Crippen LogP contribution in [-0.2, 0) is 6.18 Å². The first-order valence-corrected chi connectivity index (χ1v) is 4.37. The molecule has 0 atom stereocenters. The van der Waals surface area contributed by atoms with E-state index in [0.29, 0.717) is 12.1 Å². The van der Waals surface area contributed by atoms with Crippen molar-refractivity contribution in [1.82, 2.24) is 0 Å². The second-order valence-electron chi connectivity index (χ2n) is 3.06. The van der Waals surface area contributed by atoms with Gasteiger partial charge in [-0.2, -0.15) is 13.2 Å². The third kappa shape index (κ3) is 2.61. The molecule has 17 heavy (non-hydrogen) atoms. The number of aromatic carboxylic acids is 1. The molecule has 1 aromatic carbocycles. The topological polar surface area (TPSA) is 55.8 Å². The van der Waals surface area contributed by atoms with Crippen molar-refractivity contribution >= 4 is 5.97 Å². The second kappa shape index (κ2) is 4.52. The van der Waals surface area contributed by atoms with Crippen molar-refractivity contribution in [3.8, 4) is 11.5 Å². The third-order valence-electron chi connectivity index (χ3n) is 2.04. The monoisotopic (exact) mass is 250 g/mol. The summed E-state index contributed by atoms with van der Waals surface area (Å²) in [4.78, 5) is 10.8. The number of hydrogen-bond donors (Lipinski definition) is 1. The van der Waals surface area contributed by atoms with Gasteiger partial charge in [0.05, 0.1) is 19.8 Å². The second-order valence-corrected chi connectivity index (χ2v) is 3.06. The molecule has 7 heteroatoms. The molecule has 1 aromatic rings. The van der Waals surface area contributed by atoms with Crippen LogP contribution in [0.25, 0.3) is 0 Å². The highest BCUT2D eigenvalue weighted by Gasteiger charge is 2.33. The fourth-order valence-electron chi connectivity index (χ4n) is 1.29. The van der Waals surface area contributed by atoms with Crippen LogP contribution in [0.15, 0.2) is 12.1 Å². The van der Waals surface area contributed by atoms with Crippen LogP contribution in [0.1, 0.15) is 15.9 Å². The lowest BCUT2D eigenvalue weighted by Crippen LogP contribution is -2.10. The van der Waals surface area contributed by atoms with Crippen LogP contribution in [0.4, 0.5) is 13.2 Å². The molecular weight excluding hydrogens is 241 g/mol. The van der Waals surface area contributed by atoms with E-state index in [1.807, 2.05) is 0 Å². The normalized spacial score (nSPS) is 11.1. The van der Waals surface area contributed by atoms with Crippen molar-refractivity contribution in [3.63, 3.8) is 0 Å². The zero-order valence-electron chi connectivity index (χ0n) is 8.96. The molecule has 0 aromatic heterocycles. The molecule has 0 spiro atoms. The van der Waals surface area contributed by atoms with Crippen molar-refractivity contribution in [3.05, 3.63) is 23.3 Å². The summed E-state index contributed by atoms with van der Waals surface area (Å²) in [5, 5.41) is 8.80. The first-order valence-electron chi connectivity index (χ1n) is 4.37. The maximum absolute atomic E-state index is 12.5. The summed E-state index contributed by atoms with van der Waals surface area (Å²) < 4.78 is 46.9. The summed E-state index contributed by atoms with van der Waals surface area (Å²) in [7, 11) is 2.28. The molecule has 0 unspecified atom stereocenters. The number of ether oxygens (including phenoxy) is 2. The third-order valence-corrected chi connectivity index (χ3v) is 2.04. The van der Waals surface area contributed by atoms with Crippen molar-refractivity contribution < 1.29 is 32.5 Å². The van der Waals surface area contributed by atoms with Gasteiger partial charge < -0.3 is 14.6 Å². The van der Waals surface area contributed by atoms with Gasteiger partial charge in [-0.25, -0.2) is 4.79 Å². The van der Waals surface area contributed by atoms with Crippen molar-refractivity contribution in [2.24, 2.45) is 0 Å². The number of carboxylic acid groups (broad SMARTS) is 1. The number of hydrogen-bond acceptors (Lipinski definition) is 3. The molecule has 94 valence electrons. The van der Waals surface area contributed by atoms with Gasteiger partial charge in [-0.15, -0.1) is 0 Å². The Morgan fingerprint density at radius 1 is 1.24 bits per heavy atom. The molecule has 0 fully saturated rings. The quantitative estimate of drug-likeness (QED) is 0.895. The molecule has 1 N–H and O–H groups in total. The van der Waals surface area contributed by atoms with Gasteiger partial charge in [-0.1, -0.05) is 0 Å². The standard InChI is InChI=1S/C10H9F3O4/c1-16-7-4-5(10(11,12)13)3-6(9(14)15)8(7)17-2/h3-4H,1-2H3,(H,14,15). The number of carboxylic acids is 1. The summed E-state index contributed by atoms with van der Waals surface area (Å²) in [6, 6.07) is 1.19. The number of rotatable bonds is 3. The molecule has 0 heterocycles. The van der Waals surface area contributed by atoms with E-state index in [0.717, 1.165) is 14.2 Å². The fraction of sp³-hybridized carbons (Fsp3) is 0.300. The van der Waals surface area contributed by atoms with Crippen LogP contribution in [0, 0.1) is 0 Å². The zero-order chi connectivity index (χ0) is 13.2. The molecule has 0 aliphatic rings. The molecule has 0 aliphatic carbocycles. The average molecular weight is 250 g/mol. The number of benzene rings is 1. The molecule has 0 saturated heterocycles. The Labute approximate surface area is 94.6 Å². The molecule has 0 radical (unpaired) electrons. The molecular formula is C10H9F3O4. The Kier molecular flexibility index (Phi) is 3.50. The highest BCUT2D eigenvalue weighted by molar-refractivity contribution is 5.92. The highest BCUT2D eigenvalue weighted by Crippen LogP contribution is 2.38. The van der Waals surface area contributed by atoms with Gasteiger partial charge in [-0.3, -0.25) is 0 Å². The Bertz CT molecular complexity index is 440. The van der Waals surface area contributed by atoms with Gasteiger partial charge >= 0.3 is 12.1 Å². The minimum atomic E-state index is -4.65. The Morgan fingerprint density at radius 3 is 2.18 bits per heavy atom. The SMILES string of the molecule is COc1cc(C(F)(F)F)cc(C(=O)O)c1OC. The van der Waals surface area contributed by atoms with Crippen LogP contribution in [-0.4, -0.2) is 25.3 Å². The van der Waals surface area contributed by atoms with E-state index in [2.05, 4.69) is 4.74 Å². The van der Waals surface area contributed by atoms with Gasteiger partial charge in [-0.05, 0) is 12.1 Å². The first-order chi connectivity index (χ1) is 7.81. The number of alkyl halides is 3. The van der Waals surface area contributed by atoms with E-state index in [1.165, 1.54) is 0 Å². The number of halogens is 3. The number of methoxy groups -OCH3 is 2. The smallest absolute Gasteiger partial charge is 0.416 e. The van der Waals surface area contributed by atoms with Crippen LogP contribution < -0.4 is 9.47 Å². The summed E-state index contributed by atoms with van der Waals surface area (Å²) >= 11 is 0. The lowest BCUT2D eigenvalue weighted by atomic mass is 10.1. The Hall–Kier alpha value is -1.92. The van der Waals surface area contributed by atoms with Crippen molar-refractivity contribution in [2.45, 2.75) is 6.18 Å². The average Bonchev–Trinajstić information content (AvgIpc) is 2.25. The molecule has 0 aliphatic heterocycles. The summed E-state index contributed by atoms with van der Waals surface area (Å²) in [6.07, 6.45) is -4.65. The van der Waals surface area contributed by atoms with E-state index < -0.39 is 23.3 Å². The van der Waals surface area contributed by atoms with Crippen molar-refractivity contribution in [2.75, 3.05) is 14.2 Å². The lowest BCUT2D eigenvalue weighted by Gasteiger charge is -2.14. The van der Waals surface area contributed by atoms with Gasteiger partial charge in [0.15, 0.2) is 11.5 Å². The van der Waals surface area contributed by atoms with E-state index in [1.54, 1.807) is 0 Å². The van der Waals surface area contributed by atoms with Crippen LogP contribution >= 0.6 is 0 Å². The minimum absolute atomic E-state index is 0.243. The molecule has 1 rings (SSSR count). The van der Waals surface area contributed by atoms with E-state index in [4.69, 9.17) is 9.84 Å². The summed E-state index contributed by atoms with van der Waals surface area (Å²) in [5.74, 6) is -2.04. The van der Waals surface area contributed by atoms with E-state index in [9.17, 15) is 18.0 Å². The summed E-state index contributed by atoms with van der Waals surface area (Å²) in [6.45, 7) is 0. The van der Waals surface area contributed by atoms with Crippen LogP contribution in [0.5, 0.6) is 11.5 Å². The largest absolute Gasteiger partial charge is 0.493 e. The van der Waals surface area contributed by atoms with Gasteiger partial charge in [0, 0.05) is 0 Å². The number of carbonyl (C=O) groups is 1. The molecule has 0 bridgehead atoms. The Morgan fingerprint density at radius 2 is 1.82 bits per heavy atom. The lowest BCUT2D eigenvalue weighted by molar-refractivity contribution is -0.137. The maximum atomic E-state index is 12.5. The predicted octanol–water partition coefficient (Wildman–Crippen LogP) is 2.42. The van der Waals surface area contributed by atoms with Gasteiger partial charge in [0.25, 0.3) is 0 Å². The highest BCUT2D eigenvalue weighted by atomic mass is 19.4. The fourth-order valence-corrected chi connectivity index (χ4v) is 1.29. The molecule has 0 saturated carbocycles. The molecule has 4 nitrogen and oxygen atoms in total. The zero-order valence-corrected chi connectivity index (χ0v) is 8.96. The van der Waals surface area contributed by atoms with Crippen LogP contribution in [0.2, 0.25) is 0 Å². The minimum Gasteiger partial charge on any atom is -0.493 e. The Balaban J connectivity index is 3.51. The molecule has 0 amide bonds. The van der Waals surface area contributed by atoms with Gasteiger partial charge in [0.1, 0.15) is 5.56 Å². The summed E-state index contributed by atoms with van der Waals surface area (Å²) in [5.41, 5.74) is -1.70. The van der Waals surface area contributed by atoms with E-state index >= 15 is 0 Å². The maximum Gasteiger partial charge on any atom is 0.416 e. The van der Waals surface area contributed by atoms with E-state index in [-0.39, 0.29) is 11.5 Å². The van der Waals surface area contributed by atoms with Crippen molar-refractivity contribution in [1.29, 1.82) is 0 Å². The van der Waals surface area contributed by atoms with Crippen LogP contribution in [0.3, 0.4) is 0 Å². The first kappa shape index (κ1) is 13.1. The van der Waals surface area contributed by atoms with Gasteiger partial charge in [0.2, 0.25) is 0 Å².